The minimum absolute atomic E-state index is 0.0488. The molecule has 0 aliphatic heterocycles. The van der Waals surface area contributed by atoms with E-state index in [4.69, 9.17) is 44.6 Å². The molecule has 0 amide bonds. The zero-order chi connectivity index (χ0) is 13.8. The Balaban J connectivity index is 2.07. The molecule has 0 spiro atoms. The van der Waals surface area contributed by atoms with Crippen LogP contribution in [0.3, 0.4) is 0 Å². The van der Waals surface area contributed by atoms with Gasteiger partial charge in [0.15, 0.2) is 0 Å². The van der Waals surface area contributed by atoms with Gasteiger partial charge in [-0.2, -0.15) is 0 Å². The van der Waals surface area contributed by atoms with E-state index in [2.05, 4.69) is 0 Å². The average molecular weight is 318 g/mol. The highest BCUT2D eigenvalue weighted by atomic mass is 35.5. The van der Waals surface area contributed by atoms with Gasteiger partial charge in [0.2, 0.25) is 0 Å². The summed E-state index contributed by atoms with van der Waals surface area (Å²) in [5.74, 6) is 0.560. The quantitative estimate of drug-likeness (QED) is 0.884. The zero-order valence-corrected chi connectivity index (χ0v) is 12.1. The SMILES string of the molecule is OCc1ccc(OCc2ccc(Cl)c(Cl)c2)c(Cl)c1. The highest BCUT2D eigenvalue weighted by Crippen LogP contribution is 2.27. The molecule has 100 valence electrons. The fourth-order valence-corrected chi connectivity index (χ4v) is 2.13. The summed E-state index contributed by atoms with van der Waals surface area (Å²) in [6.07, 6.45) is 0. The maximum absolute atomic E-state index is 8.99. The Bertz CT molecular complexity index is 585. The molecular weight excluding hydrogens is 307 g/mol. The van der Waals surface area contributed by atoms with Crippen LogP contribution in [0.15, 0.2) is 36.4 Å². The lowest BCUT2D eigenvalue weighted by Crippen LogP contribution is -1.96. The third kappa shape index (κ3) is 3.77. The van der Waals surface area contributed by atoms with Gasteiger partial charge in [-0.25, -0.2) is 0 Å². The first-order valence-electron chi connectivity index (χ1n) is 5.56. The van der Waals surface area contributed by atoms with Gasteiger partial charge in [-0.1, -0.05) is 46.9 Å². The lowest BCUT2D eigenvalue weighted by atomic mass is 10.2. The zero-order valence-electron chi connectivity index (χ0n) is 9.87. The Labute approximate surface area is 126 Å². The molecule has 0 aliphatic rings. The van der Waals surface area contributed by atoms with Crippen molar-refractivity contribution < 1.29 is 9.84 Å². The first kappa shape index (κ1) is 14.5. The Morgan fingerprint density at radius 3 is 2.16 bits per heavy atom. The minimum Gasteiger partial charge on any atom is -0.487 e. The predicted molar refractivity (Wildman–Crippen MR) is 78.2 cm³/mol. The van der Waals surface area contributed by atoms with E-state index >= 15 is 0 Å². The molecule has 0 atom stereocenters. The number of benzene rings is 2. The number of hydrogen-bond acceptors (Lipinski definition) is 2. The van der Waals surface area contributed by atoms with Crippen LogP contribution in [-0.4, -0.2) is 5.11 Å². The second kappa shape index (κ2) is 6.49. The number of rotatable bonds is 4. The summed E-state index contributed by atoms with van der Waals surface area (Å²) in [5.41, 5.74) is 1.64. The molecule has 0 heterocycles. The van der Waals surface area contributed by atoms with Crippen molar-refractivity contribution in [2.75, 3.05) is 0 Å². The molecule has 2 rings (SSSR count). The van der Waals surface area contributed by atoms with E-state index in [1.54, 1.807) is 30.3 Å². The molecule has 2 nitrogen and oxygen atoms in total. The maximum Gasteiger partial charge on any atom is 0.138 e. The molecule has 0 radical (unpaired) electrons. The van der Waals surface area contributed by atoms with Crippen LogP contribution in [0.2, 0.25) is 15.1 Å². The van der Waals surface area contributed by atoms with Crippen LogP contribution in [0.1, 0.15) is 11.1 Å². The molecule has 0 bridgehead atoms. The molecule has 19 heavy (non-hydrogen) atoms. The van der Waals surface area contributed by atoms with Crippen LogP contribution < -0.4 is 4.74 Å². The highest BCUT2D eigenvalue weighted by molar-refractivity contribution is 6.42. The van der Waals surface area contributed by atoms with Crippen LogP contribution in [0, 0.1) is 0 Å². The van der Waals surface area contributed by atoms with E-state index < -0.39 is 0 Å². The van der Waals surface area contributed by atoms with Crippen molar-refractivity contribution in [2.24, 2.45) is 0 Å². The van der Waals surface area contributed by atoms with Crippen LogP contribution in [0.25, 0.3) is 0 Å². The number of hydrogen-bond donors (Lipinski definition) is 1. The predicted octanol–water partition coefficient (Wildman–Crippen LogP) is 4.72. The fourth-order valence-electron chi connectivity index (χ4n) is 1.55. The van der Waals surface area contributed by atoms with E-state index in [0.29, 0.717) is 27.4 Å². The van der Waals surface area contributed by atoms with Crippen molar-refractivity contribution in [1.82, 2.24) is 0 Å². The standard InChI is InChI=1S/C14H11Cl3O2/c15-11-3-1-10(6-12(11)16)8-19-14-4-2-9(7-18)5-13(14)17/h1-6,18H,7-8H2. The molecule has 2 aromatic carbocycles. The van der Waals surface area contributed by atoms with E-state index in [0.717, 1.165) is 11.1 Å². The second-order valence-corrected chi connectivity index (χ2v) is 5.18. The van der Waals surface area contributed by atoms with Gasteiger partial charge in [0.05, 0.1) is 21.7 Å². The third-order valence-electron chi connectivity index (χ3n) is 2.56. The molecule has 2 aromatic rings. The summed E-state index contributed by atoms with van der Waals surface area (Å²) in [5, 5.41) is 10.5. The van der Waals surface area contributed by atoms with E-state index in [-0.39, 0.29) is 6.61 Å². The smallest absolute Gasteiger partial charge is 0.138 e. The maximum atomic E-state index is 8.99. The molecule has 5 heteroatoms. The largest absolute Gasteiger partial charge is 0.487 e. The molecule has 0 unspecified atom stereocenters. The van der Waals surface area contributed by atoms with Crippen molar-refractivity contribution in [1.29, 1.82) is 0 Å². The van der Waals surface area contributed by atoms with Gasteiger partial charge >= 0.3 is 0 Å². The first-order valence-corrected chi connectivity index (χ1v) is 6.69. The minimum atomic E-state index is -0.0488. The van der Waals surface area contributed by atoms with Crippen molar-refractivity contribution in [3.63, 3.8) is 0 Å². The van der Waals surface area contributed by atoms with Gasteiger partial charge in [-0.15, -0.1) is 0 Å². The van der Waals surface area contributed by atoms with Crippen molar-refractivity contribution in [3.05, 3.63) is 62.6 Å². The third-order valence-corrected chi connectivity index (χ3v) is 3.59. The van der Waals surface area contributed by atoms with Crippen molar-refractivity contribution in [3.8, 4) is 5.75 Å². The Morgan fingerprint density at radius 1 is 0.842 bits per heavy atom. The molecule has 1 N–H and O–H groups in total. The van der Waals surface area contributed by atoms with Crippen LogP contribution >= 0.6 is 34.8 Å². The van der Waals surface area contributed by atoms with E-state index in [1.807, 2.05) is 6.07 Å². The van der Waals surface area contributed by atoms with Gasteiger partial charge in [0, 0.05) is 0 Å². The highest BCUT2D eigenvalue weighted by Gasteiger charge is 2.05. The average Bonchev–Trinajstić information content (AvgIpc) is 2.41. The molecule has 0 aromatic heterocycles. The summed E-state index contributed by atoms with van der Waals surface area (Å²) >= 11 is 17.8. The van der Waals surface area contributed by atoms with Gasteiger partial charge in [0.1, 0.15) is 12.4 Å². The lowest BCUT2D eigenvalue weighted by molar-refractivity contribution is 0.281. The first-order chi connectivity index (χ1) is 9.10. The van der Waals surface area contributed by atoms with E-state index in [1.165, 1.54) is 0 Å². The summed E-state index contributed by atoms with van der Waals surface area (Å²) in [4.78, 5) is 0. The number of ether oxygens (including phenoxy) is 1. The van der Waals surface area contributed by atoms with E-state index in [9.17, 15) is 0 Å². The second-order valence-electron chi connectivity index (χ2n) is 3.96. The van der Waals surface area contributed by atoms with Crippen molar-refractivity contribution in [2.45, 2.75) is 13.2 Å². The van der Waals surface area contributed by atoms with Crippen LogP contribution in [0.4, 0.5) is 0 Å². The number of aliphatic hydroxyl groups is 1. The fraction of sp³-hybridized carbons (Fsp3) is 0.143. The Hall–Kier alpha value is -0.930. The lowest BCUT2D eigenvalue weighted by Gasteiger charge is -2.09. The van der Waals surface area contributed by atoms with Crippen LogP contribution in [-0.2, 0) is 13.2 Å². The normalized spacial score (nSPS) is 10.5. The van der Waals surface area contributed by atoms with Gasteiger partial charge in [-0.3, -0.25) is 0 Å². The summed E-state index contributed by atoms with van der Waals surface area (Å²) in [6.45, 7) is 0.294. The van der Waals surface area contributed by atoms with Gasteiger partial charge < -0.3 is 9.84 Å². The summed E-state index contributed by atoms with van der Waals surface area (Å²) in [6, 6.07) is 10.5. The van der Waals surface area contributed by atoms with Gasteiger partial charge in [0.25, 0.3) is 0 Å². The molecule has 0 saturated carbocycles. The summed E-state index contributed by atoms with van der Waals surface area (Å²) < 4.78 is 5.60. The number of aliphatic hydroxyl groups excluding tert-OH is 1. The Kier molecular flexibility index (Phi) is 4.94. The molecule has 0 aliphatic carbocycles. The summed E-state index contributed by atoms with van der Waals surface area (Å²) in [7, 11) is 0. The van der Waals surface area contributed by atoms with Crippen LogP contribution in [0.5, 0.6) is 5.75 Å². The molecule has 0 saturated heterocycles. The molecular formula is C14H11Cl3O2. The van der Waals surface area contributed by atoms with Gasteiger partial charge in [-0.05, 0) is 35.4 Å². The number of halogens is 3. The monoisotopic (exact) mass is 316 g/mol. The Morgan fingerprint density at radius 2 is 1.53 bits per heavy atom. The van der Waals surface area contributed by atoms with Crippen molar-refractivity contribution >= 4 is 34.8 Å². The topological polar surface area (TPSA) is 29.5 Å². The molecule has 0 fully saturated rings.